The van der Waals surface area contributed by atoms with E-state index in [0.717, 1.165) is 3.88 Å². The maximum absolute atomic E-state index is 2.62. The Morgan fingerprint density at radius 1 is 0.947 bits per heavy atom. The molecule has 1 aliphatic carbocycles. The first kappa shape index (κ1) is 25.3. The first-order valence-electron chi connectivity index (χ1n) is 6.22. The molecule has 0 N–H and O–H groups in total. The predicted octanol–water partition coefficient (Wildman–Crippen LogP) is 6.31. The van der Waals surface area contributed by atoms with Gasteiger partial charge in [-0.25, -0.2) is 0 Å². The van der Waals surface area contributed by atoms with Crippen LogP contribution in [0.3, 0.4) is 0 Å². The molecule has 0 fully saturated rings. The minimum absolute atomic E-state index is 0. The van der Waals surface area contributed by atoms with Gasteiger partial charge in [-0.1, -0.05) is 0 Å². The van der Waals surface area contributed by atoms with E-state index in [0.29, 0.717) is 0 Å². The van der Waals surface area contributed by atoms with Crippen molar-refractivity contribution in [3.8, 4) is 0 Å². The Hall–Kier alpha value is 1.37. The van der Waals surface area contributed by atoms with Crippen LogP contribution in [-0.4, -0.2) is 16.1 Å². The van der Waals surface area contributed by atoms with E-state index in [4.69, 9.17) is 0 Å². The second-order valence-electron chi connectivity index (χ2n) is 7.04. The van der Waals surface area contributed by atoms with Crippen LogP contribution in [0, 0.1) is 0 Å². The summed E-state index contributed by atoms with van der Waals surface area (Å²) in [4.78, 5) is 0. The van der Waals surface area contributed by atoms with E-state index in [9.17, 15) is 0 Å². The third-order valence-corrected chi connectivity index (χ3v) is 25.3. The van der Waals surface area contributed by atoms with E-state index in [1.54, 1.807) is 0 Å². The first-order valence-corrected chi connectivity index (χ1v) is 16.3. The molecule has 0 amide bonds. The summed E-state index contributed by atoms with van der Waals surface area (Å²) in [5, 5.41) is 0. The van der Waals surface area contributed by atoms with E-state index in [1.165, 1.54) is 6.42 Å². The summed E-state index contributed by atoms with van der Waals surface area (Å²) in [5.41, 5.74) is 2.62. The third kappa shape index (κ3) is 7.26. The van der Waals surface area contributed by atoms with Crippen LogP contribution in [0.4, 0.5) is 0 Å². The van der Waals surface area contributed by atoms with Crippen molar-refractivity contribution in [1.29, 1.82) is 0 Å². The Bertz CT molecular complexity index is 303. The molecule has 0 radical (unpaired) electrons. The first-order chi connectivity index (χ1) is 7.14. The van der Waals surface area contributed by atoms with Crippen molar-refractivity contribution in [1.82, 2.24) is 0 Å². The third-order valence-electron chi connectivity index (χ3n) is 3.23. The van der Waals surface area contributed by atoms with Gasteiger partial charge in [0.2, 0.25) is 0 Å². The second-order valence-corrected chi connectivity index (χ2v) is 23.4. The summed E-state index contributed by atoms with van der Waals surface area (Å²) in [6.07, 6.45) is 8.30. The van der Waals surface area contributed by atoms with Gasteiger partial charge in [-0.05, 0) is 0 Å². The zero-order valence-electron chi connectivity index (χ0n) is 13.2. The quantitative estimate of drug-likeness (QED) is 0.486. The molecule has 0 nitrogen and oxygen atoms in total. The summed E-state index contributed by atoms with van der Waals surface area (Å²) in [7, 11) is -1.99. The summed E-state index contributed by atoms with van der Waals surface area (Å²) in [6.45, 7) is 15.5. The fraction of sp³-hybridized carbons (Fsp3) is 0.692. The molecule has 0 atom stereocenters. The van der Waals surface area contributed by atoms with Gasteiger partial charge < -0.3 is 0 Å². The number of hydrogen-bond donors (Lipinski definition) is 0. The molecule has 0 aromatic carbocycles. The molecule has 19 heavy (non-hydrogen) atoms. The van der Waals surface area contributed by atoms with Crippen molar-refractivity contribution in [2.75, 3.05) is 0 Å². The number of hydrogen-bond acceptors (Lipinski definition) is 0. The molecule has 0 spiro atoms. The molecule has 0 unspecified atom stereocenters. The van der Waals surface area contributed by atoms with Crippen molar-refractivity contribution in [2.45, 2.75) is 55.2 Å². The van der Waals surface area contributed by atoms with E-state index >= 15 is 0 Å². The number of rotatable bonds is 4. The van der Waals surface area contributed by atoms with Gasteiger partial charge in [0, 0.05) is 0 Å². The van der Waals surface area contributed by atoms with Gasteiger partial charge >= 0.3 is 109 Å². The molecule has 116 valence electrons. The van der Waals surface area contributed by atoms with Crippen LogP contribution >= 0.6 is 37.2 Å². The predicted molar refractivity (Wildman–Crippen MR) is 99.9 cm³/mol. The molecule has 1 aliphatic rings. The minimum atomic E-state index is -0.995. The number of halogens is 3. The maximum atomic E-state index is 2.62. The van der Waals surface area contributed by atoms with Crippen LogP contribution in [0.25, 0.3) is 0 Å². The molecular formula is C13H30Cl3Si2V. The topological polar surface area (TPSA) is 0 Å². The second kappa shape index (κ2) is 9.40. The van der Waals surface area contributed by atoms with Gasteiger partial charge in [0.05, 0.1) is 0 Å². The van der Waals surface area contributed by atoms with Crippen molar-refractivity contribution >= 4 is 53.4 Å². The molecule has 0 saturated carbocycles. The van der Waals surface area contributed by atoms with E-state index < -0.39 is 31.3 Å². The Morgan fingerprint density at radius 3 is 1.63 bits per heavy atom. The Balaban J connectivity index is -0.000000853. The molecule has 0 bridgehead atoms. The normalized spacial score (nSPS) is 14.7. The fourth-order valence-corrected chi connectivity index (χ4v) is 29.9. The van der Waals surface area contributed by atoms with Gasteiger partial charge in [0.1, 0.15) is 0 Å². The van der Waals surface area contributed by atoms with Gasteiger partial charge in [-0.3, -0.25) is 0 Å². The molecule has 0 aromatic rings. The summed E-state index contributed by atoms with van der Waals surface area (Å²) in [6, 6.07) is 0. The van der Waals surface area contributed by atoms with Gasteiger partial charge in [-0.15, -0.1) is 37.2 Å². The van der Waals surface area contributed by atoms with Crippen LogP contribution in [0.2, 0.25) is 48.8 Å². The zero-order chi connectivity index (χ0) is 12.6. The average Bonchev–Trinajstić information content (AvgIpc) is 2.48. The number of allylic oxidation sites excluding steroid dienone is 4. The Kier molecular flexibility index (Phi) is 12.5. The molecule has 0 saturated heterocycles. The zero-order valence-corrected chi connectivity index (χ0v) is 19.0. The van der Waals surface area contributed by atoms with Crippen molar-refractivity contribution in [2.24, 2.45) is 0 Å². The SMILES string of the molecule is Cl.Cl.Cl.[CH3][V]([C]1=CC=CC1)[CH]([Si](C)(C)C)[Si](C)(C)C. The van der Waals surface area contributed by atoms with Crippen molar-refractivity contribution in [3.05, 3.63) is 22.5 Å². The molecular weight excluding hydrogens is 370 g/mol. The van der Waals surface area contributed by atoms with Gasteiger partial charge in [0.15, 0.2) is 0 Å². The van der Waals surface area contributed by atoms with E-state index in [-0.39, 0.29) is 37.2 Å². The van der Waals surface area contributed by atoms with Crippen LogP contribution in [0.5, 0.6) is 0 Å². The molecule has 0 aliphatic heterocycles. The van der Waals surface area contributed by atoms with Crippen LogP contribution in [-0.2, 0) is 15.2 Å². The molecule has 6 heteroatoms. The van der Waals surface area contributed by atoms with Gasteiger partial charge in [0.25, 0.3) is 0 Å². The van der Waals surface area contributed by atoms with Gasteiger partial charge in [-0.2, -0.15) is 0 Å². The van der Waals surface area contributed by atoms with Crippen molar-refractivity contribution in [3.63, 3.8) is 0 Å². The van der Waals surface area contributed by atoms with Crippen LogP contribution in [0.15, 0.2) is 22.5 Å². The average molecular weight is 400 g/mol. The van der Waals surface area contributed by atoms with E-state index in [2.05, 4.69) is 63.1 Å². The Morgan fingerprint density at radius 2 is 1.37 bits per heavy atom. The summed E-state index contributed by atoms with van der Waals surface area (Å²) < 4.78 is 2.96. The van der Waals surface area contributed by atoms with Crippen molar-refractivity contribution < 1.29 is 15.2 Å². The summed E-state index contributed by atoms with van der Waals surface area (Å²) in [5.74, 6) is 0. The monoisotopic (exact) mass is 398 g/mol. The summed E-state index contributed by atoms with van der Waals surface area (Å²) >= 11 is -0.772. The Labute approximate surface area is 145 Å². The molecule has 0 aromatic heterocycles. The van der Waals surface area contributed by atoms with Crippen LogP contribution in [0.1, 0.15) is 6.42 Å². The van der Waals surface area contributed by atoms with Crippen LogP contribution < -0.4 is 0 Å². The van der Waals surface area contributed by atoms with E-state index in [1.807, 2.05) is 4.28 Å². The molecule has 0 heterocycles. The molecule has 1 rings (SSSR count). The fourth-order valence-electron chi connectivity index (χ4n) is 3.32. The standard InChI is InChI=1S/C7H19Si2.C5H5.CH3.3ClH.V/c1-8(2,3)7-9(4,5)6;1-2-4-5-3-1;;;;;/h7H,1-6H3;1-3H,4H2;1H3;3*1H;.